The third kappa shape index (κ3) is 2.60. The van der Waals surface area contributed by atoms with Crippen molar-refractivity contribution in [3.8, 4) is 6.01 Å². The molecule has 0 radical (unpaired) electrons. The topological polar surface area (TPSA) is 91.7 Å². The van der Waals surface area contributed by atoms with E-state index >= 15 is 0 Å². The van der Waals surface area contributed by atoms with E-state index in [4.69, 9.17) is 10.5 Å². The highest BCUT2D eigenvalue weighted by atomic mass is 19.1. The van der Waals surface area contributed by atoms with Crippen LogP contribution in [0.3, 0.4) is 0 Å². The first-order chi connectivity index (χ1) is 10.2. The van der Waals surface area contributed by atoms with Gasteiger partial charge in [0.05, 0.1) is 19.5 Å². The Kier molecular flexibility index (Phi) is 3.35. The normalized spacial score (nSPS) is 11.0. The van der Waals surface area contributed by atoms with Gasteiger partial charge in [-0.1, -0.05) is 6.07 Å². The zero-order valence-electron chi connectivity index (χ0n) is 11.3. The van der Waals surface area contributed by atoms with E-state index in [0.717, 1.165) is 5.56 Å². The first-order valence-electron chi connectivity index (χ1n) is 6.39. The van der Waals surface area contributed by atoms with E-state index in [0.29, 0.717) is 24.3 Å². The number of nitrogens with zero attached hydrogens (tertiary/aromatic N) is 5. The molecule has 2 N–H and O–H groups in total. The maximum Gasteiger partial charge on any atom is 0.320 e. The quantitative estimate of drug-likeness (QED) is 0.729. The lowest BCUT2D eigenvalue weighted by Gasteiger charge is -2.06. The fourth-order valence-corrected chi connectivity index (χ4v) is 1.95. The summed E-state index contributed by atoms with van der Waals surface area (Å²) in [6, 6.07) is 3.17. The van der Waals surface area contributed by atoms with Crippen molar-refractivity contribution in [2.75, 3.05) is 12.3 Å². The maximum absolute atomic E-state index is 12.8. The number of ether oxygens (including phenoxy) is 1. The smallest absolute Gasteiger partial charge is 0.320 e. The molecule has 8 heteroatoms. The zero-order chi connectivity index (χ0) is 14.8. The molecule has 0 spiro atoms. The summed E-state index contributed by atoms with van der Waals surface area (Å²) in [6.07, 6.45) is 3.07. The highest BCUT2D eigenvalue weighted by molar-refractivity contribution is 5.81. The van der Waals surface area contributed by atoms with Gasteiger partial charge in [-0.3, -0.25) is 0 Å². The lowest BCUT2D eigenvalue weighted by molar-refractivity contribution is 0.314. The molecule has 3 aromatic rings. The Morgan fingerprint density at radius 3 is 2.86 bits per heavy atom. The Morgan fingerprint density at radius 2 is 2.14 bits per heavy atom. The van der Waals surface area contributed by atoms with Gasteiger partial charge in [0.2, 0.25) is 5.95 Å². The predicted octanol–water partition coefficient (Wildman–Crippen LogP) is 1.39. The molecule has 0 bridgehead atoms. The van der Waals surface area contributed by atoms with Crippen molar-refractivity contribution in [2.24, 2.45) is 0 Å². The van der Waals surface area contributed by atoms with Crippen molar-refractivity contribution in [1.82, 2.24) is 24.5 Å². The average molecular weight is 288 g/mol. The molecule has 0 atom stereocenters. The summed E-state index contributed by atoms with van der Waals surface area (Å²) < 4.78 is 19.9. The standard InChI is InChI=1S/C13H13FN6O/c1-2-21-13-18-11(15)10-12(19-13)20(7-17-10)6-8-3-4-9(14)16-5-8/h3-5,7H,2,6H2,1H3,(H2,15,18,19). The molecule has 0 fully saturated rings. The van der Waals surface area contributed by atoms with Crippen LogP contribution in [0.15, 0.2) is 24.7 Å². The van der Waals surface area contributed by atoms with Gasteiger partial charge in [-0.2, -0.15) is 14.4 Å². The lowest BCUT2D eigenvalue weighted by atomic mass is 10.3. The fourth-order valence-electron chi connectivity index (χ4n) is 1.95. The van der Waals surface area contributed by atoms with Crippen LogP contribution in [0.1, 0.15) is 12.5 Å². The van der Waals surface area contributed by atoms with E-state index in [1.165, 1.54) is 12.3 Å². The third-order valence-corrected chi connectivity index (χ3v) is 2.89. The summed E-state index contributed by atoms with van der Waals surface area (Å²) >= 11 is 0. The van der Waals surface area contributed by atoms with Gasteiger partial charge < -0.3 is 15.0 Å². The molecule has 0 saturated heterocycles. The van der Waals surface area contributed by atoms with Crippen molar-refractivity contribution in [1.29, 1.82) is 0 Å². The van der Waals surface area contributed by atoms with Crippen molar-refractivity contribution < 1.29 is 9.13 Å². The van der Waals surface area contributed by atoms with E-state index in [-0.39, 0.29) is 11.8 Å². The van der Waals surface area contributed by atoms with Crippen molar-refractivity contribution in [2.45, 2.75) is 13.5 Å². The molecular weight excluding hydrogens is 275 g/mol. The number of pyridine rings is 1. The molecule has 0 aliphatic rings. The SMILES string of the molecule is CCOc1nc(N)c2ncn(Cc3ccc(F)nc3)c2n1. The summed E-state index contributed by atoms with van der Waals surface area (Å²) in [6.45, 7) is 2.73. The minimum atomic E-state index is -0.514. The number of hydrogen-bond acceptors (Lipinski definition) is 6. The van der Waals surface area contributed by atoms with Crippen LogP contribution in [0.2, 0.25) is 0 Å². The lowest BCUT2D eigenvalue weighted by Crippen LogP contribution is -2.05. The number of fused-ring (bicyclic) bond motifs is 1. The van der Waals surface area contributed by atoms with Gasteiger partial charge >= 0.3 is 6.01 Å². The summed E-state index contributed by atoms with van der Waals surface area (Å²) in [5.74, 6) is -0.251. The fraction of sp³-hybridized carbons (Fsp3) is 0.231. The summed E-state index contributed by atoms with van der Waals surface area (Å²) in [5, 5.41) is 0. The number of nitrogens with two attached hydrogens (primary N) is 1. The van der Waals surface area contributed by atoms with Gasteiger partial charge in [0.1, 0.15) is 0 Å². The first kappa shape index (κ1) is 13.2. The van der Waals surface area contributed by atoms with E-state index in [9.17, 15) is 4.39 Å². The van der Waals surface area contributed by atoms with Gasteiger partial charge in [0, 0.05) is 6.20 Å². The molecule has 0 unspecified atom stereocenters. The second-order valence-electron chi connectivity index (χ2n) is 4.36. The van der Waals surface area contributed by atoms with Crippen molar-refractivity contribution in [3.63, 3.8) is 0 Å². The molecule has 3 aromatic heterocycles. The summed E-state index contributed by atoms with van der Waals surface area (Å²) in [5.41, 5.74) is 7.74. The van der Waals surface area contributed by atoms with Crippen LogP contribution in [-0.4, -0.2) is 31.1 Å². The van der Waals surface area contributed by atoms with Crippen molar-refractivity contribution >= 4 is 17.0 Å². The minimum Gasteiger partial charge on any atom is -0.464 e. The first-order valence-corrected chi connectivity index (χ1v) is 6.39. The number of anilines is 1. The molecule has 0 aliphatic carbocycles. The largest absolute Gasteiger partial charge is 0.464 e. The Labute approximate surface area is 119 Å². The number of imidazole rings is 1. The highest BCUT2D eigenvalue weighted by Gasteiger charge is 2.12. The molecule has 21 heavy (non-hydrogen) atoms. The van der Waals surface area contributed by atoms with Gasteiger partial charge in [0.15, 0.2) is 17.0 Å². The van der Waals surface area contributed by atoms with Gasteiger partial charge in [-0.05, 0) is 18.6 Å². The molecule has 0 aliphatic heterocycles. The van der Waals surface area contributed by atoms with Crippen LogP contribution in [0.25, 0.3) is 11.2 Å². The van der Waals surface area contributed by atoms with Crippen LogP contribution in [-0.2, 0) is 6.54 Å². The number of aromatic nitrogens is 5. The minimum absolute atomic E-state index is 0.210. The van der Waals surface area contributed by atoms with Crippen LogP contribution < -0.4 is 10.5 Å². The zero-order valence-corrected chi connectivity index (χ0v) is 11.3. The van der Waals surface area contributed by atoms with Crippen LogP contribution in [0.5, 0.6) is 6.01 Å². The number of hydrogen-bond donors (Lipinski definition) is 1. The number of nitrogen functional groups attached to an aromatic ring is 1. The van der Waals surface area contributed by atoms with Gasteiger partial charge in [-0.25, -0.2) is 9.97 Å². The summed E-state index contributed by atoms with van der Waals surface area (Å²) in [4.78, 5) is 16.1. The molecule has 0 amide bonds. The molecule has 3 heterocycles. The second kappa shape index (κ2) is 5.31. The van der Waals surface area contributed by atoms with E-state index in [1.807, 2.05) is 6.92 Å². The monoisotopic (exact) mass is 288 g/mol. The van der Waals surface area contributed by atoms with E-state index in [1.54, 1.807) is 17.0 Å². The molecule has 0 saturated carbocycles. The molecule has 7 nitrogen and oxygen atoms in total. The van der Waals surface area contributed by atoms with Crippen LogP contribution in [0.4, 0.5) is 10.2 Å². The van der Waals surface area contributed by atoms with Crippen LogP contribution in [0, 0.1) is 5.95 Å². The Hall–Kier alpha value is -2.77. The third-order valence-electron chi connectivity index (χ3n) is 2.89. The average Bonchev–Trinajstić information content (AvgIpc) is 2.86. The van der Waals surface area contributed by atoms with Gasteiger partial charge in [0.25, 0.3) is 0 Å². The number of halogens is 1. The molecule has 3 rings (SSSR count). The Balaban J connectivity index is 2.00. The summed E-state index contributed by atoms with van der Waals surface area (Å²) in [7, 11) is 0. The van der Waals surface area contributed by atoms with Gasteiger partial charge in [-0.15, -0.1) is 0 Å². The number of rotatable bonds is 4. The molecular formula is C13H13FN6O. The predicted molar refractivity (Wildman–Crippen MR) is 74.2 cm³/mol. The molecule has 108 valence electrons. The Bertz CT molecular complexity index is 770. The van der Waals surface area contributed by atoms with Crippen LogP contribution >= 0.6 is 0 Å². The Morgan fingerprint density at radius 1 is 1.29 bits per heavy atom. The van der Waals surface area contributed by atoms with Crippen molar-refractivity contribution in [3.05, 3.63) is 36.2 Å². The highest BCUT2D eigenvalue weighted by Crippen LogP contribution is 2.20. The molecule has 0 aromatic carbocycles. The maximum atomic E-state index is 12.8. The second-order valence-corrected chi connectivity index (χ2v) is 4.36. The van der Waals surface area contributed by atoms with E-state index in [2.05, 4.69) is 19.9 Å². The van der Waals surface area contributed by atoms with E-state index < -0.39 is 5.95 Å².